The van der Waals surface area contributed by atoms with Gasteiger partial charge in [0.25, 0.3) is 0 Å². The van der Waals surface area contributed by atoms with Gasteiger partial charge >= 0.3 is 0 Å². The minimum atomic E-state index is 0.0818. The molecule has 0 radical (unpaired) electrons. The molecule has 19 heavy (non-hydrogen) atoms. The molecule has 0 aliphatic rings. The first-order valence-corrected chi connectivity index (χ1v) is 7.57. The average Bonchev–Trinajstić information content (AvgIpc) is 2.70. The summed E-state index contributed by atoms with van der Waals surface area (Å²) in [4.78, 5) is 5.97. The minimum absolute atomic E-state index is 0.0818. The highest BCUT2D eigenvalue weighted by molar-refractivity contribution is 7.12. The van der Waals surface area contributed by atoms with Gasteiger partial charge in [-0.2, -0.15) is 0 Å². The van der Waals surface area contributed by atoms with Gasteiger partial charge in [-0.3, -0.25) is 0 Å². The number of aromatic nitrogens is 1. The Hall–Kier alpha value is -0.490. The standard InChI is InChI=1S/C14H26N2O2S/c1-10(15-6-8-18-9-7-17)12-11(2)16-13(19-12)14(3,4)5/h10,15,17H,6-9H2,1-5H3. The maximum atomic E-state index is 8.62. The Morgan fingerprint density at radius 2 is 2.05 bits per heavy atom. The van der Waals surface area contributed by atoms with Crippen molar-refractivity contribution in [3.8, 4) is 0 Å². The average molecular weight is 286 g/mol. The lowest BCUT2D eigenvalue weighted by molar-refractivity contribution is 0.0929. The van der Waals surface area contributed by atoms with Gasteiger partial charge in [-0.15, -0.1) is 11.3 Å². The molecule has 1 atom stereocenters. The van der Waals surface area contributed by atoms with E-state index in [0.717, 1.165) is 12.2 Å². The van der Waals surface area contributed by atoms with E-state index in [1.165, 1.54) is 9.88 Å². The number of thiazole rings is 1. The van der Waals surface area contributed by atoms with Crippen LogP contribution in [0.2, 0.25) is 0 Å². The molecule has 1 unspecified atom stereocenters. The predicted molar refractivity (Wildman–Crippen MR) is 79.9 cm³/mol. The molecule has 1 aromatic heterocycles. The molecule has 1 aromatic rings. The van der Waals surface area contributed by atoms with Gasteiger partial charge in [-0.25, -0.2) is 4.98 Å². The molecule has 0 amide bonds. The lowest BCUT2D eigenvalue weighted by Gasteiger charge is -2.14. The fourth-order valence-corrected chi connectivity index (χ4v) is 2.89. The number of nitrogens with one attached hydrogen (secondary N) is 1. The van der Waals surface area contributed by atoms with E-state index in [0.29, 0.717) is 13.2 Å². The third-order valence-electron chi connectivity index (χ3n) is 2.80. The SMILES string of the molecule is Cc1nc(C(C)(C)C)sc1C(C)NCCOCCO. The van der Waals surface area contributed by atoms with Crippen molar-refractivity contribution >= 4 is 11.3 Å². The molecule has 0 bridgehead atoms. The highest BCUT2D eigenvalue weighted by Gasteiger charge is 2.22. The van der Waals surface area contributed by atoms with E-state index in [4.69, 9.17) is 9.84 Å². The summed E-state index contributed by atoms with van der Waals surface area (Å²) < 4.78 is 5.23. The van der Waals surface area contributed by atoms with Crippen LogP contribution in [0.1, 0.15) is 49.3 Å². The topological polar surface area (TPSA) is 54.4 Å². The Morgan fingerprint density at radius 3 is 2.58 bits per heavy atom. The van der Waals surface area contributed by atoms with E-state index in [2.05, 4.69) is 44.9 Å². The first-order chi connectivity index (χ1) is 8.86. The van der Waals surface area contributed by atoms with Crippen LogP contribution in [-0.4, -0.2) is 36.5 Å². The Morgan fingerprint density at radius 1 is 1.37 bits per heavy atom. The maximum absolute atomic E-state index is 8.62. The van der Waals surface area contributed by atoms with Gasteiger partial charge in [-0.1, -0.05) is 20.8 Å². The number of aliphatic hydroxyl groups is 1. The zero-order valence-electron chi connectivity index (χ0n) is 12.6. The van der Waals surface area contributed by atoms with Crippen LogP contribution in [0, 0.1) is 6.92 Å². The van der Waals surface area contributed by atoms with E-state index in [-0.39, 0.29) is 18.1 Å². The van der Waals surface area contributed by atoms with Crippen LogP contribution in [0.4, 0.5) is 0 Å². The number of hydrogen-bond donors (Lipinski definition) is 2. The van der Waals surface area contributed by atoms with Crippen molar-refractivity contribution in [2.24, 2.45) is 0 Å². The van der Waals surface area contributed by atoms with Crippen LogP contribution < -0.4 is 5.32 Å². The maximum Gasteiger partial charge on any atom is 0.0985 e. The van der Waals surface area contributed by atoms with Crippen LogP contribution in [0.25, 0.3) is 0 Å². The molecule has 0 spiro atoms. The monoisotopic (exact) mass is 286 g/mol. The number of aryl methyl sites for hydroxylation is 1. The Bertz CT molecular complexity index is 385. The molecular formula is C14H26N2O2S. The normalized spacial score (nSPS) is 13.8. The minimum Gasteiger partial charge on any atom is -0.394 e. The molecule has 0 fully saturated rings. The zero-order chi connectivity index (χ0) is 14.5. The van der Waals surface area contributed by atoms with E-state index >= 15 is 0 Å². The third kappa shape index (κ3) is 5.18. The molecular weight excluding hydrogens is 260 g/mol. The number of ether oxygens (including phenoxy) is 1. The fourth-order valence-electron chi connectivity index (χ4n) is 1.74. The summed E-state index contributed by atoms with van der Waals surface area (Å²) in [6.45, 7) is 12.7. The number of nitrogens with zero attached hydrogens (tertiary/aromatic N) is 1. The smallest absolute Gasteiger partial charge is 0.0985 e. The van der Waals surface area contributed by atoms with E-state index in [1.807, 2.05) is 0 Å². The number of hydrogen-bond acceptors (Lipinski definition) is 5. The van der Waals surface area contributed by atoms with E-state index in [9.17, 15) is 0 Å². The Labute approximate surface area is 120 Å². The quantitative estimate of drug-likeness (QED) is 0.756. The molecule has 0 saturated heterocycles. The van der Waals surface area contributed by atoms with Crippen molar-refractivity contribution in [3.05, 3.63) is 15.6 Å². The Balaban J connectivity index is 2.52. The summed E-state index contributed by atoms with van der Waals surface area (Å²) in [5.41, 5.74) is 1.23. The lowest BCUT2D eigenvalue weighted by Crippen LogP contribution is -2.23. The lowest BCUT2D eigenvalue weighted by atomic mass is 9.98. The van der Waals surface area contributed by atoms with Gasteiger partial charge in [-0.05, 0) is 13.8 Å². The summed E-state index contributed by atoms with van der Waals surface area (Å²) in [5, 5.41) is 13.2. The molecule has 0 aliphatic carbocycles. The van der Waals surface area contributed by atoms with Crippen molar-refractivity contribution in [1.29, 1.82) is 0 Å². The van der Waals surface area contributed by atoms with Crippen LogP contribution in [-0.2, 0) is 10.2 Å². The highest BCUT2D eigenvalue weighted by Crippen LogP contribution is 2.32. The molecule has 4 nitrogen and oxygen atoms in total. The molecule has 0 saturated carbocycles. The molecule has 0 aromatic carbocycles. The zero-order valence-corrected chi connectivity index (χ0v) is 13.4. The Kier molecular flexibility index (Phi) is 6.39. The van der Waals surface area contributed by atoms with Gasteiger partial charge in [0, 0.05) is 22.9 Å². The summed E-state index contributed by atoms with van der Waals surface area (Å²) >= 11 is 1.79. The summed E-state index contributed by atoms with van der Waals surface area (Å²) in [7, 11) is 0. The van der Waals surface area contributed by atoms with Crippen molar-refractivity contribution in [3.63, 3.8) is 0 Å². The van der Waals surface area contributed by atoms with Crippen LogP contribution in [0.5, 0.6) is 0 Å². The number of aliphatic hydroxyl groups excluding tert-OH is 1. The van der Waals surface area contributed by atoms with E-state index in [1.54, 1.807) is 11.3 Å². The van der Waals surface area contributed by atoms with Crippen LogP contribution in [0.15, 0.2) is 0 Å². The van der Waals surface area contributed by atoms with Crippen molar-refractivity contribution in [1.82, 2.24) is 10.3 Å². The summed E-state index contributed by atoms with van der Waals surface area (Å²) in [6, 6.07) is 0.284. The summed E-state index contributed by atoms with van der Waals surface area (Å²) in [5.74, 6) is 0. The third-order valence-corrected chi connectivity index (χ3v) is 4.57. The van der Waals surface area contributed by atoms with E-state index < -0.39 is 0 Å². The predicted octanol–water partition coefficient (Wildman–Crippen LogP) is 2.41. The molecule has 0 aliphatic heterocycles. The fraction of sp³-hybridized carbons (Fsp3) is 0.786. The molecule has 110 valence electrons. The second kappa shape index (κ2) is 7.33. The molecule has 1 heterocycles. The van der Waals surface area contributed by atoms with Crippen molar-refractivity contribution in [2.75, 3.05) is 26.4 Å². The van der Waals surface area contributed by atoms with Crippen LogP contribution in [0.3, 0.4) is 0 Å². The second-order valence-corrected chi connectivity index (χ2v) is 6.76. The first kappa shape index (κ1) is 16.6. The van der Waals surface area contributed by atoms with Gasteiger partial charge in [0.15, 0.2) is 0 Å². The van der Waals surface area contributed by atoms with Crippen molar-refractivity contribution < 1.29 is 9.84 Å². The van der Waals surface area contributed by atoms with Gasteiger partial charge in [0.2, 0.25) is 0 Å². The highest BCUT2D eigenvalue weighted by atomic mass is 32.1. The first-order valence-electron chi connectivity index (χ1n) is 6.76. The molecule has 2 N–H and O–H groups in total. The van der Waals surface area contributed by atoms with Gasteiger partial charge in [0.05, 0.1) is 30.5 Å². The van der Waals surface area contributed by atoms with Gasteiger partial charge in [0.1, 0.15) is 0 Å². The van der Waals surface area contributed by atoms with Gasteiger partial charge < -0.3 is 15.2 Å². The van der Waals surface area contributed by atoms with Crippen LogP contribution >= 0.6 is 11.3 Å². The largest absolute Gasteiger partial charge is 0.394 e. The number of rotatable bonds is 7. The molecule has 1 rings (SSSR count). The summed E-state index contributed by atoms with van der Waals surface area (Å²) in [6.07, 6.45) is 0. The molecule has 5 heteroatoms. The van der Waals surface area contributed by atoms with Crippen molar-refractivity contribution in [2.45, 2.75) is 46.1 Å². The second-order valence-electron chi connectivity index (χ2n) is 5.73.